The minimum Gasteiger partial charge on any atom is -0.383 e. The third kappa shape index (κ3) is 7.83. The van der Waals surface area contributed by atoms with E-state index in [0.29, 0.717) is 32.7 Å². The fourth-order valence-corrected chi connectivity index (χ4v) is 2.00. The van der Waals surface area contributed by atoms with Crippen molar-refractivity contribution in [2.45, 2.75) is 39.3 Å². The molecule has 118 valence electrons. The summed E-state index contributed by atoms with van der Waals surface area (Å²) in [7, 11) is 1.66. The molecule has 0 radical (unpaired) electrons. The quantitative estimate of drug-likeness (QED) is 0.800. The Hall–Kier alpha value is -1.39. The lowest BCUT2D eigenvalue weighted by Gasteiger charge is -2.25. The number of methoxy groups -OCH3 is 1. The van der Waals surface area contributed by atoms with Gasteiger partial charge in [0.05, 0.1) is 6.61 Å². The number of nitrogens with zero attached hydrogens (tertiary/aromatic N) is 1. The van der Waals surface area contributed by atoms with Gasteiger partial charge in [-0.05, 0) is 26.3 Å². The summed E-state index contributed by atoms with van der Waals surface area (Å²) in [5.41, 5.74) is 1.18. The van der Waals surface area contributed by atoms with Crippen LogP contribution in [0.2, 0.25) is 0 Å². The van der Waals surface area contributed by atoms with Crippen molar-refractivity contribution in [1.29, 1.82) is 0 Å². The van der Waals surface area contributed by atoms with Gasteiger partial charge in [-0.15, -0.1) is 0 Å². The minimum atomic E-state index is 0.0388. The Morgan fingerprint density at radius 2 is 1.90 bits per heavy atom. The molecule has 4 nitrogen and oxygen atoms in total. The molecule has 1 aromatic rings. The highest BCUT2D eigenvalue weighted by Gasteiger charge is 2.15. The van der Waals surface area contributed by atoms with E-state index in [1.165, 1.54) is 0 Å². The Bertz CT molecular complexity index is 413. The van der Waals surface area contributed by atoms with E-state index in [1.54, 1.807) is 7.11 Å². The summed E-state index contributed by atoms with van der Waals surface area (Å²) in [4.78, 5) is 14.2. The number of amides is 1. The summed E-state index contributed by atoms with van der Waals surface area (Å²) in [6.45, 7) is 8.82. The second-order valence-corrected chi connectivity index (χ2v) is 6.22. The highest BCUT2D eigenvalue weighted by Crippen LogP contribution is 2.06. The molecule has 0 bridgehead atoms. The van der Waals surface area contributed by atoms with Crippen LogP contribution in [0.4, 0.5) is 0 Å². The minimum absolute atomic E-state index is 0.0388. The first-order valence-electron chi connectivity index (χ1n) is 7.48. The van der Waals surface area contributed by atoms with Gasteiger partial charge in [-0.25, -0.2) is 0 Å². The van der Waals surface area contributed by atoms with Crippen LogP contribution in [0.5, 0.6) is 0 Å². The number of nitrogens with one attached hydrogen (secondary N) is 1. The molecular formula is C17H28N2O2. The standard InChI is InChI=1S/C17H28N2O2/c1-17(2,3)18-11-10-16(20)19(12-13-21-4)14-15-8-6-5-7-9-15/h5-9,18H,10-14H2,1-4H3. The van der Waals surface area contributed by atoms with E-state index < -0.39 is 0 Å². The molecule has 0 atom stereocenters. The number of rotatable bonds is 8. The maximum Gasteiger partial charge on any atom is 0.224 e. The molecule has 0 aliphatic rings. The van der Waals surface area contributed by atoms with E-state index in [2.05, 4.69) is 26.1 Å². The van der Waals surface area contributed by atoms with Gasteiger partial charge in [0.1, 0.15) is 0 Å². The third-order valence-corrected chi connectivity index (χ3v) is 3.13. The van der Waals surface area contributed by atoms with Crippen molar-refractivity contribution in [1.82, 2.24) is 10.2 Å². The van der Waals surface area contributed by atoms with Crippen LogP contribution in [0.1, 0.15) is 32.8 Å². The van der Waals surface area contributed by atoms with E-state index in [9.17, 15) is 4.79 Å². The summed E-state index contributed by atoms with van der Waals surface area (Å²) in [6.07, 6.45) is 0.508. The van der Waals surface area contributed by atoms with E-state index in [4.69, 9.17) is 4.74 Å². The van der Waals surface area contributed by atoms with Crippen LogP contribution < -0.4 is 5.32 Å². The molecular weight excluding hydrogens is 264 g/mol. The zero-order valence-electron chi connectivity index (χ0n) is 13.7. The van der Waals surface area contributed by atoms with Gasteiger partial charge in [-0.3, -0.25) is 4.79 Å². The van der Waals surface area contributed by atoms with Crippen LogP contribution in [0.25, 0.3) is 0 Å². The third-order valence-electron chi connectivity index (χ3n) is 3.13. The van der Waals surface area contributed by atoms with Gasteiger partial charge in [-0.2, -0.15) is 0 Å². The van der Waals surface area contributed by atoms with Crippen molar-refractivity contribution in [3.8, 4) is 0 Å². The lowest BCUT2D eigenvalue weighted by atomic mass is 10.1. The summed E-state index contributed by atoms with van der Waals surface area (Å²) < 4.78 is 5.11. The molecule has 0 aliphatic heterocycles. The van der Waals surface area contributed by atoms with Crippen LogP contribution in [0.3, 0.4) is 0 Å². The summed E-state index contributed by atoms with van der Waals surface area (Å²) in [5, 5.41) is 3.35. The number of hydrogen-bond acceptors (Lipinski definition) is 3. The van der Waals surface area contributed by atoms with Crippen LogP contribution in [0.15, 0.2) is 30.3 Å². The van der Waals surface area contributed by atoms with Crippen LogP contribution in [-0.4, -0.2) is 43.2 Å². The number of benzene rings is 1. The molecule has 0 spiro atoms. The summed E-state index contributed by atoms with van der Waals surface area (Å²) in [6, 6.07) is 10.1. The van der Waals surface area contributed by atoms with Gasteiger partial charge in [-0.1, -0.05) is 30.3 Å². The molecule has 0 saturated carbocycles. The van der Waals surface area contributed by atoms with E-state index in [0.717, 1.165) is 5.56 Å². The number of carbonyl (C=O) groups excluding carboxylic acids is 1. The zero-order valence-corrected chi connectivity index (χ0v) is 13.7. The monoisotopic (exact) mass is 292 g/mol. The molecule has 0 heterocycles. The topological polar surface area (TPSA) is 41.6 Å². The molecule has 21 heavy (non-hydrogen) atoms. The van der Waals surface area contributed by atoms with Gasteiger partial charge in [0.15, 0.2) is 0 Å². The SMILES string of the molecule is COCCN(Cc1ccccc1)C(=O)CCNC(C)(C)C. The van der Waals surface area contributed by atoms with Gasteiger partial charge in [0.25, 0.3) is 0 Å². The van der Waals surface area contributed by atoms with Gasteiger partial charge < -0.3 is 15.0 Å². The van der Waals surface area contributed by atoms with Gasteiger partial charge >= 0.3 is 0 Å². The zero-order chi connectivity index (χ0) is 15.7. The Kier molecular flexibility index (Phi) is 7.40. The van der Waals surface area contributed by atoms with Crippen LogP contribution in [0, 0.1) is 0 Å². The lowest BCUT2D eigenvalue weighted by molar-refractivity contribution is -0.132. The second-order valence-electron chi connectivity index (χ2n) is 6.22. The first kappa shape index (κ1) is 17.7. The Morgan fingerprint density at radius 1 is 1.24 bits per heavy atom. The largest absolute Gasteiger partial charge is 0.383 e. The van der Waals surface area contributed by atoms with E-state index >= 15 is 0 Å². The van der Waals surface area contributed by atoms with E-state index in [1.807, 2.05) is 35.2 Å². The Morgan fingerprint density at radius 3 is 2.48 bits per heavy atom. The molecule has 1 amide bonds. The number of ether oxygens (including phenoxy) is 1. The first-order chi connectivity index (χ1) is 9.92. The molecule has 0 unspecified atom stereocenters. The Labute approximate surface area is 128 Å². The van der Waals surface area contributed by atoms with Crippen molar-refractivity contribution in [3.05, 3.63) is 35.9 Å². The van der Waals surface area contributed by atoms with Crippen molar-refractivity contribution < 1.29 is 9.53 Å². The number of hydrogen-bond donors (Lipinski definition) is 1. The maximum absolute atomic E-state index is 12.4. The lowest BCUT2D eigenvalue weighted by Crippen LogP contribution is -2.40. The highest BCUT2D eigenvalue weighted by molar-refractivity contribution is 5.76. The van der Waals surface area contributed by atoms with Crippen molar-refractivity contribution in [2.24, 2.45) is 0 Å². The number of carbonyl (C=O) groups is 1. The molecule has 0 aliphatic carbocycles. The molecule has 0 fully saturated rings. The Balaban J connectivity index is 2.53. The smallest absolute Gasteiger partial charge is 0.224 e. The fraction of sp³-hybridized carbons (Fsp3) is 0.588. The molecule has 0 aromatic heterocycles. The van der Waals surface area contributed by atoms with Crippen LogP contribution >= 0.6 is 0 Å². The predicted octanol–water partition coefficient (Wildman–Crippen LogP) is 2.44. The molecule has 0 saturated heterocycles. The highest BCUT2D eigenvalue weighted by atomic mass is 16.5. The summed E-state index contributed by atoms with van der Waals surface area (Å²) in [5.74, 6) is 0.160. The molecule has 4 heteroatoms. The molecule has 1 N–H and O–H groups in total. The first-order valence-corrected chi connectivity index (χ1v) is 7.48. The predicted molar refractivity (Wildman–Crippen MR) is 86.1 cm³/mol. The van der Waals surface area contributed by atoms with Gasteiger partial charge in [0, 0.05) is 38.7 Å². The molecule has 1 rings (SSSR count). The maximum atomic E-state index is 12.4. The average Bonchev–Trinajstić information content (AvgIpc) is 2.43. The van der Waals surface area contributed by atoms with Crippen LogP contribution in [-0.2, 0) is 16.1 Å². The summed E-state index contributed by atoms with van der Waals surface area (Å²) >= 11 is 0. The normalized spacial score (nSPS) is 11.4. The van der Waals surface area contributed by atoms with Gasteiger partial charge in [0.2, 0.25) is 5.91 Å². The van der Waals surface area contributed by atoms with E-state index in [-0.39, 0.29) is 11.4 Å². The van der Waals surface area contributed by atoms with Crippen molar-refractivity contribution >= 4 is 5.91 Å². The fourth-order valence-electron chi connectivity index (χ4n) is 2.00. The second kappa shape index (κ2) is 8.80. The average molecular weight is 292 g/mol. The van der Waals surface area contributed by atoms with Crippen molar-refractivity contribution in [2.75, 3.05) is 26.8 Å². The van der Waals surface area contributed by atoms with Crippen molar-refractivity contribution in [3.63, 3.8) is 0 Å². The molecule has 1 aromatic carbocycles.